The fraction of sp³-hybridized carbons (Fsp3) is 0.0714. The van der Waals surface area contributed by atoms with Crippen molar-refractivity contribution in [1.82, 2.24) is 10.3 Å². The molecule has 102 valence electrons. The van der Waals surface area contributed by atoms with Gasteiger partial charge in [-0.1, -0.05) is 18.2 Å². The van der Waals surface area contributed by atoms with Gasteiger partial charge in [0.05, 0.1) is 0 Å². The predicted octanol–water partition coefficient (Wildman–Crippen LogP) is 1.50. The number of hydrogen-bond donors (Lipinski definition) is 3. The van der Waals surface area contributed by atoms with Crippen LogP contribution in [-0.4, -0.2) is 16.9 Å². The first-order valence-electron chi connectivity index (χ1n) is 6.01. The van der Waals surface area contributed by atoms with E-state index < -0.39 is 11.9 Å². The Bertz CT molecular complexity index is 614. The number of hydrogen-bond acceptors (Lipinski definition) is 4. The smallest absolute Gasteiger partial charge is 0.326 e. The zero-order chi connectivity index (χ0) is 14.4. The highest BCUT2D eigenvalue weighted by atomic mass is 16.2. The van der Waals surface area contributed by atoms with Crippen LogP contribution in [0.15, 0.2) is 48.7 Å². The van der Waals surface area contributed by atoms with E-state index in [1.807, 2.05) is 0 Å². The van der Waals surface area contributed by atoms with Gasteiger partial charge in [0.2, 0.25) is 0 Å². The molecule has 0 aliphatic carbocycles. The zero-order valence-electron chi connectivity index (χ0n) is 10.7. The van der Waals surface area contributed by atoms with Crippen LogP contribution in [0.1, 0.15) is 15.9 Å². The number of benzene rings is 1. The first kappa shape index (κ1) is 13.7. The van der Waals surface area contributed by atoms with Crippen LogP contribution in [0.3, 0.4) is 0 Å². The van der Waals surface area contributed by atoms with Gasteiger partial charge in [-0.3, -0.25) is 15.4 Å². The average Bonchev–Trinajstić information content (AvgIpc) is 2.48. The van der Waals surface area contributed by atoms with Crippen LogP contribution in [0.4, 0.5) is 10.6 Å². The van der Waals surface area contributed by atoms with Crippen molar-refractivity contribution in [2.24, 2.45) is 5.73 Å². The SMILES string of the molecule is NCc1ccnc(NC(=O)NC(=O)c2ccccc2)c1. The molecule has 0 aliphatic heterocycles. The van der Waals surface area contributed by atoms with Crippen LogP contribution in [0.5, 0.6) is 0 Å². The van der Waals surface area contributed by atoms with Crippen molar-refractivity contribution in [1.29, 1.82) is 0 Å². The van der Waals surface area contributed by atoms with Crippen LogP contribution in [0.2, 0.25) is 0 Å². The summed E-state index contributed by atoms with van der Waals surface area (Å²) in [6.07, 6.45) is 1.54. The maximum atomic E-state index is 11.8. The third kappa shape index (κ3) is 3.63. The van der Waals surface area contributed by atoms with Crippen molar-refractivity contribution in [3.8, 4) is 0 Å². The summed E-state index contributed by atoms with van der Waals surface area (Å²) in [5.74, 6) is -0.135. The summed E-state index contributed by atoms with van der Waals surface area (Å²) in [5.41, 5.74) is 6.74. The van der Waals surface area contributed by atoms with Crippen LogP contribution >= 0.6 is 0 Å². The molecule has 0 aliphatic rings. The molecule has 0 saturated carbocycles. The first-order valence-corrected chi connectivity index (χ1v) is 6.01. The molecule has 3 amide bonds. The van der Waals surface area contributed by atoms with Crippen LogP contribution < -0.4 is 16.4 Å². The van der Waals surface area contributed by atoms with Gasteiger partial charge >= 0.3 is 6.03 Å². The van der Waals surface area contributed by atoms with Crippen molar-refractivity contribution >= 4 is 17.8 Å². The molecule has 0 unspecified atom stereocenters. The Kier molecular flexibility index (Phi) is 4.41. The Balaban J connectivity index is 1.97. The van der Waals surface area contributed by atoms with Gasteiger partial charge < -0.3 is 5.73 Å². The quantitative estimate of drug-likeness (QED) is 0.787. The fourth-order valence-corrected chi connectivity index (χ4v) is 1.58. The monoisotopic (exact) mass is 270 g/mol. The van der Waals surface area contributed by atoms with Crippen molar-refractivity contribution in [3.05, 3.63) is 59.8 Å². The van der Waals surface area contributed by atoms with E-state index in [2.05, 4.69) is 15.6 Å². The predicted molar refractivity (Wildman–Crippen MR) is 75.1 cm³/mol. The second-order valence-corrected chi connectivity index (χ2v) is 4.03. The number of anilines is 1. The maximum absolute atomic E-state index is 11.8. The highest BCUT2D eigenvalue weighted by Gasteiger charge is 2.10. The number of imide groups is 1. The number of carbonyl (C=O) groups excluding carboxylic acids is 2. The number of aromatic nitrogens is 1. The minimum Gasteiger partial charge on any atom is -0.326 e. The minimum atomic E-state index is -0.638. The number of nitrogens with zero attached hydrogens (tertiary/aromatic N) is 1. The second-order valence-electron chi connectivity index (χ2n) is 4.03. The van der Waals surface area contributed by atoms with Crippen LogP contribution in [-0.2, 0) is 6.54 Å². The molecule has 1 aromatic heterocycles. The Morgan fingerprint density at radius 1 is 1.15 bits per heavy atom. The first-order chi connectivity index (χ1) is 9.69. The van der Waals surface area contributed by atoms with Crippen LogP contribution in [0.25, 0.3) is 0 Å². The number of nitrogens with one attached hydrogen (secondary N) is 2. The highest BCUT2D eigenvalue weighted by Crippen LogP contribution is 2.06. The number of nitrogens with two attached hydrogens (primary N) is 1. The molecule has 0 atom stereocenters. The number of amides is 3. The molecule has 0 saturated heterocycles. The lowest BCUT2D eigenvalue weighted by Crippen LogP contribution is -2.34. The van der Waals surface area contributed by atoms with Gasteiger partial charge in [-0.05, 0) is 29.8 Å². The molecule has 2 aromatic rings. The molecule has 4 N–H and O–H groups in total. The molecule has 0 fully saturated rings. The summed E-state index contributed by atoms with van der Waals surface area (Å²) in [5, 5.41) is 4.70. The second kappa shape index (κ2) is 6.44. The summed E-state index contributed by atoms with van der Waals surface area (Å²) in [4.78, 5) is 27.4. The zero-order valence-corrected chi connectivity index (χ0v) is 10.7. The van der Waals surface area contributed by atoms with E-state index in [4.69, 9.17) is 5.73 Å². The van der Waals surface area contributed by atoms with Crippen LogP contribution in [0, 0.1) is 0 Å². The number of carbonyl (C=O) groups is 2. The molecular formula is C14H14N4O2. The summed E-state index contributed by atoms with van der Waals surface area (Å²) in [7, 11) is 0. The van der Waals surface area contributed by atoms with Gasteiger partial charge in [0, 0.05) is 18.3 Å². The third-order valence-corrected chi connectivity index (χ3v) is 2.56. The fourth-order valence-electron chi connectivity index (χ4n) is 1.58. The Hall–Kier alpha value is -2.73. The standard InChI is InChI=1S/C14H14N4O2/c15-9-10-6-7-16-12(8-10)17-14(20)18-13(19)11-4-2-1-3-5-11/h1-8H,9,15H2,(H2,16,17,18,19,20). The van der Waals surface area contributed by atoms with Gasteiger partial charge in [-0.15, -0.1) is 0 Å². The van der Waals surface area contributed by atoms with E-state index >= 15 is 0 Å². The molecule has 6 heteroatoms. The molecule has 2 rings (SSSR count). The average molecular weight is 270 g/mol. The van der Waals surface area contributed by atoms with E-state index in [9.17, 15) is 9.59 Å². The van der Waals surface area contributed by atoms with Crippen molar-refractivity contribution in [2.75, 3.05) is 5.32 Å². The van der Waals surface area contributed by atoms with Gasteiger partial charge in [-0.25, -0.2) is 9.78 Å². The van der Waals surface area contributed by atoms with E-state index in [0.29, 0.717) is 17.9 Å². The molecule has 0 spiro atoms. The van der Waals surface area contributed by atoms with E-state index in [1.54, 1.807) is 42.5 Å². The summed E-state index contributed by atoms with van der Waals surface area (Å²) < 4.78 is 0. The molecule has 0 radical (unpaired) electrons. The summed E-state index contributed by atoms with van der Waals surface area (Å²) in [6.45, 7) is 0.349. The van der Waals surface area contributed by atoms with Gasteiger partial charge in [-0.2, -0.15) is 0 Å². The van der Waals surface area contributed by atoms with Gasteiger partial charge in [0.15, 0.2) is 0 Å². The summed E-state index contributed by atoms with van der Waals surface area (Å²) in [6, 6.07) is 11.2. The number of urea groups is 1. The van der Waals surface area contributed by atoms with Crippen molar-refractivity contribution in [2.45, 2.75) is 6.54 Å². The lowest BCUT2D eigenvalue weighted by molar-refractivity contribution is 0.0967. The number of rotatable bonds is 3. The van der Waals surface area contributed by atoms with Gasteiger partial charge in [0.25, 0.3) is 5.91 Å². The largest absolute Gasteiger partial charge is 0.327 e. The Morgan fingerprint density at radius 2 is 1.90 bits per heavy atom. The molecular weight excluding hydrogens is 256 g/mol. The van der Waals surface area contributed by atoms with Crippen molar-refractivity contribution < 1.29 is 9.59 Å². The summed E-state index contributed by atoms with van der Waals surface area (Å²) >= 11 is 0. The maximum Gasteiger partial charge on any atom is 0.327 e. The third-order valence-electron chi connectivity index (χ3n) is 2.56. The molecule has 1 heterocycles. The van der Waals surface area contributed by atoms with E-state index in [1.165, 1.54) is 6.20 Å². The molecule has 6 nitrogen and oxygen atoms in total. The van der Waals surface area contributed by atoms with Crippen molar-refractivity contribution in [3.63, 3.8) is 0 Å². The molecule has 0 bridgehead atoms. The van der Waals surface area contributed by atoms with Gasteiger partial charge in [0.1, 0.15) is 5.82 Å². The molecule has 1 aromatic carbocycles. The topological polar surface area (TPSA) is 97.1 Å². The number of pyridine rings is 1. The van der Waals surface area contributed by atoms with E-state index in [-0.39, 0.29) is 0 Å². The Morgan fingerprint density at radius 3 is 2.60 bits per heavy atom. The Labute approximate surface area is 116 Å². The molecule has 20 heavy (non-hydrogen) atoms. The minimum absolute atomic E-state index is 0.339. The normalized spacial score (nSPS) is 9.85. The lowest BCUT2D eigenvalue weighted by atomic mass is 10.2. The van der Waals surface area contributed by atoms with E-state index in [0.717, 1.165) is 5.56 Å². The lowest BCUT2D eigenvalue weighted by Gasteiger charge is -2.07. The highest BCUT2D eigenvalue weighted by molar-refractivity contribution is 6.07.